The van der Waals surface area contributed by atoms with Crippen molar-refractivity contribution < 1.29 is 14.4 Å². The van der Waals surface area contributed by atoms with Crippen molar-refractivity contribution in [3.8, 4) is 5.75 Å². The lowest BCUT2D eigenvalue weighted by Crippen LogP contribution is -2.09. The minimum absolute atomic E-state index is 0.0138. The van der Waals surface area contributed by atoms with E-state index in [2.05, 4.69) is 5.32 Å². The summed E-state index contributed by atoms with van der Waals surface area (Å²) >= 11 is 0. The standard InChI is InChI=1S/C12H18N2O4/c1-3-17-6-5-13-10-7-11(14(15)16)9-12(8-10)18-4-2/h7-9,13H,3-6H2,1-2H3. The summed E-state index contributed by atoms with van der Waals surface area (Å²) in [5.74, 6) is 0.491. The Bertz CT molecular complexity index is 396. The van der Waals surface area contributed by atoms with Gasteiger partial charge >= 0.3 is 0 Å². The molecule has 0 unspecified atom stereocenters. The van der Waals surface area contributed by atoms with Crippen molar-refractivity contribution >= 4 is 11.4 Å². The van der Waals surface area contributed by atoms with E-state index in [1.807, 2.05) is 13.8 Å². The van der Waals surface area contributed by atoms with Crippen molar-refractivity contribution in [3.63, 3.8) is 0 Å². The van der Waals surface area contributed by atoms with Gasteiger partial charge in [0.05, 0.1) is 24.2 Å². The zero-order valence-electron chi connectivity index (χ0n) is 10.6. The molecule has 0 saturated heterocycles. The van der Waals surface area contributed by atoms with Gasteiger partial charge in [-0.3, -0.25) is 10.1 Å². The van der Waals surface area contributed by atoms with Crippen molar-refractivity contribution in [2.45, 2.75) is 13.8 Å². The number of ether oxygens (including phenoxy) is 2. The fourth-order valence-corrected chi connectivity index (χ4v) is 1.45. The summed E-state index contributed by atoms with van der Waals surface area (Å²) in [6.45, 7) is 6.03. The number of anilines is 1. The van der Waals surface area contributed by atoms with E-state index in [0.717, 1.165) is 0 Å². The first-order valence-corrected chi connectivity index (χ1v) is 5.91. The molecule has 0 radical (unpaired) electrons. The van der Waals surface area contributed by atoms with E-state index in [-0.39, 0.29) is 5.69 Å². The number of non-ortho nitro benzene ring substituents is 1. The van der Waals surface area contributed by atoms with E-state index >= 15 is 0 Å². The lowest BCUT2D eigenvalue weighted by molar-refractivity contribution is -0.384. The maximum absolute atomic E-state index is 10.8. The Morgan fingerprint density at radius 3 is 2.67 bits per heavy atom. The second-order valence-corrected chi connectivity index (χ2v) is 3.53. The molecule has 6 nitrogen and oxygen atoms in total. The molecular formula is C12H18N2O4. The fraction of sp³-hybridized carbons (Fsp3) is 0.500. The summed E-state index contributed by atoms with van der Waals surface area (Å²) < 4.78 is 10.5. The number of nitro groups is 1. The summed E-state index contributed by atoms with van der Waals surface area (Å²) in [6.07, 6.45) is 0. The third-order valence-electron chi connectivity index (χ3n) is 2.19. The lowest BCUT2D eigenvalue weighted by Gasteiger charge is -2.09. The second kappa shape index (κ2) is 7.50. The predicted molar refractivity (Wildman–Crippen MR) is 69.2 cm³/mol. The Balaban J connectivity index is 2.72. The van der Waals surface area contributed by atoms with Crippen LogP contribution in [0.5, 0.6) is 5.75 Å². The molecule has 6 heteroatoms. The van der Waals surface area contributed by atoms with Crippen LogP contribution in [-0.2, 0) is 4.74 Å². The zero-order valence-corrected chi connectivity index (χ0v) is 10.6. The first kappa shape index (κ1) is 14.2. The van der Waals surface area contributed by atoms with Gasteiger partial charge in [-0.25, -0.2) is 0 Å². The maximum atomic E-state index is 10.8. The van der Waals surface area contributed by atoms with Gasteiger partial charge in [-0.15, -0.1) is 0 Å². The molecule has 1 rings (SSSR count). The van der Waals surface area contributed by atoms with Gasteiger partial charge in [0.25, 0.3) is 5.69 Å². The van der Waals surface area contributed by atoms with Gasteiger partial charge in [0.15, 0.2) is 0 Å². The molecule has 0 aliphatic rings. The van der Waals surface area contributed by atoms with Crippen molar-refractivity contribution in [1.29, 1.82) is 0 Å². The maximum Gasteiger partial charge on any atom is 0.275 e. The monoisotopic (exact) mass is 254 g/mol. The van der Waals surface area contributed by atoms with Crippen molar-refractivity contribution in [1.82, 2.24) is 0 Å². The number of benzene rings is 1. The molecule has 18 heavy (non-hydrogen) atoms. The molecule has 0 heterocycles. The van der Waals surface area contributed by atoms with E-state index in [1.54, 1.807) is 6.07 Å². The summed E-state index contributed by atoms with van der Waals surface area (Å²) in [5, 5.41) is 13.8. The minimum atomic E-state index is -0.434. The Kier molecular flexibility index (Phi) is 5.93. The Morgan fingerprint density at radius 2 is 2.06 bits per heavy atom. The predicted octanol–water partition coefficient (Wildman–Crippen LogP) is 2.44. The van der Waals surface area contributed by atoms with Crippen molar-refractivity contribution in [2.75, 3.05) is 31.7 Å². The van der Waals surface area contributed by atoms with Gasteiger partial charge in [-0.2, -0.15) is 0 Å². The molecule has 100 valence electrons. The van der Waals surface area contributed by atoms with Crippen LogP contribution in [0.3, 0.4) is 0 Å². The molecule has 0 atom stereocenters. The molecule has 0 fully saturated rings. The largest absolute Gasteiger partial charge is 0.494 e. The molecule has 1 aromatic rings. The van der Waals surface area contributed by atoms with Crippen LogP contribution in [0.2, 0.25) is 0 Å². The normalized spacial score (nSPS) is 10.1. The van der Waals surface area contributed by atoms with Gasteiger partial charge in [-0.1, -0.05) is 0 Å². The molecule has 1 N–H and O–H groups in total. The summed E-state index contributed by atoms with van der Waals surface area (Å²) in [6, 6.07) is 4.63. The highest BCUT2D eigenvalue weighted by Crippen LogP contribution is 2.25. The van der Waals surface area contributed by atoms with E-state index in [9.17, 15) is 10.1 Å². The number of hydrogen-bond donors (Lipinski definition) is 1. The molecule has 0 aliphatic heterocycles. The Hall–Kier alpha value is -1.82. The molecule has 1 aromatic carbocycles. The van der Waals surface area contributed by atoms with E-state index in [4.69, 9.17) is 9.47 Å². The molecule has 0 amide bonds. The molecule has 0 saturated carbocycles. The zero-order chi connectivity index (χ0) is 13.4. The smallest absolute Gasteiger partial charge is 0.275 e. The molecule has 0 aromatic heterocycles. The van der Waals surface area contributed by atoms with E-state index in [1.165, 1.54) is 12.1 Å². The van der Waals surface area contributed by atoms with Gasteiger partial charge in [0.2, 0.25) is 0 Å². The van der Waals surface area contributed by atoms with Gasteiger partial charge in [-0.05, 0) is 13.8 Å². The van der Waals surface area contributed by atoms with Gasteiger partial charge in [0.1, 0.15) is 5.75 Å². The van der Waals surface area contributed by atoms with Crippen LogP contribution in [0.15, 0.2) is 18.2 Å². The first-order chi connectivity index (χ1) is 8.67. The lowest BCUT2D eigenvalue weighted by atomic mass is 10.2. The Morgan fingerprint density at radius 1 is 1.28 bits per heavy atom. The van der Waals surface area contributed by atoms with Crippen LogP contribution in [0.1, 0.15) is 13.8 Å². The van der Waals surface area contributed by atoms with Crippen molar-refractivity contribution in [2.24, 2.45) is 0 Å². The SMILES string of the molecule is CCOCCNc1cc(OCC)cc([N+](=O)[O-])c1. The van der Waals surface area contributed by atoms with Gasteiger partial charge < -0.3 is 14.8 Å². The van der Waals surface area contributed by atoms with Crippen LogP contribution in [-0.4, -0.2) is 31.3 Å². The van der Waals surface area contributed by atoms with E-state index < -0.39 is 4.92 Å². The molecule has 0 aliphatic carbocycles. The highest BCUT2D eigenvalue weighted by molar-refractivity contribution is 5.56. The average molecular weight is 254 g/mol. The fourth-order valence-electron chi connectivity index (χ4n) is 1.45. The highest BCUT2D eigenvalue weighted by Gasteiger charge is 2.10. The summed E-state index contributed by atoms with van der Waals surface area (Å²) in [5.41, 5.74) is 0.673. The average Bonchev–Trinajstić information content (AvgIpc) is 2.35. The second-order valence-electron chi connectivity index (χ2n) is 3.53. The molecule has 0 bridgehead atoms. The summed E-state index contributed by atoms with van der Waals surface area (Å²) in [7, 11) is 0. The van der Waals surface area contributed by atoms with Crippen LogP contribution in [0, 0.1) is 10.1 Å². The van der Waals surface area contributed by atoms with E-state index in [0.29, 0.717) is 37.8 Å². The number of nitro benzene ring substituents is 1. The Labute approximate surface area is 106 Å². The number of nitrogens with one attached hydrogen (secondary N) is 1. The van der Waals surface area contributed by atoms with Crippen LogP contribution < -0.4 is 10.1 Å². The van der Waals surface area contributed by atoms with Crippen molar-refractivity contribution in [3.05, 3.63) is 28.3 Å². The summed E-state index contributed by atoms with van der Waals surface area (Å²) in [4.78, 5) is 10.3. The number of rotatable bonds is 8. The minimum Gasteiger partial charge on any atom is -0.494 e. The number of hydrogen-bond acceptors (Lipinski definition) is 5. The quantitative estimate of drug-likeness (QED) is 0.438. The third-order valence-corrected chi connectivity index (χ3v) is 2.19. The third kappa shape index (κ3) is 4.58. The van der Waals surface area contributed by atoms with Gasteiger partial charge in [0, 0.05) is 31.0 Å². The van der Waals surface area contributed by atoms with Crippen LogP contribution >= 0.6 is 0 Å². The topological polar surface area (TPSA) is 73.6 Å². The first-order valence-electron chi connectivity index (χ1n) is 5.91. The molecular weight excluding hydrogens is 236 g/mol. The number of nitrogens with zero attached hydrogens (tertiary/aromatic N) is 1. The van der Waals surface area contributed by atoms with Crippen LogP contribution in [0.4, 0.5) is 11.4 Å². The van der Waals surface area contributed by atoms with Crippen LogP contribution in [0.25, 0.3) is 0 Å². The highest BCUT2D eigenvalue weighted by atomic mass is 16.6. The molecule has 0 spiro atoms.